The van der Waals surface area contributed by atoms with Gasteiger partial charge in [0.15, 0.2) is 5.41 Å². The molecule has 0 unspecified atom stereocenters. The number of anilines is 1. The lowest BCUT2D eigenvalue weighted by Gasteiger charge is -2.47. The Hall–Kier alpha value is -3.76. The van der Waals surface area contributed by atoms with Crippen LogP contribution in [0.5, 0.6) is 0 Å². The van der Waals surface area contributed by atoms with E-state index in [2.05, 4.69) is 49.6 Å². The molecule has 2 aromatic rings. The third-order valence-corrected chi connectivity index (χ3v) is 8.13. The van der Waals surface area contributed by atoms with Gasteiger partial charge in [-0.1, -0.05) is 62.2 Å². The van der Waals surface area contributed by atoms with Gasteiger partial charge in [-0.2, -0.15) is 15.8 Å². The second kappa shape index (κ2) is 10.5. The van der Waals surface area contributed by atoms with E-state index in [4.69, 9.17) is 23.2 Å². The molecule has 0 radical (unpaired) electrons. The number of urea groups is 1. The van der Waals surface area contributed by atoms with Crippen molar-refractivity contribution in [2.24, 2.45) is 22.7 Å². The van der Waals surface area contributed by atoms with Gasteiger partial charge < -0.3 is 10.6 Å². The van der Waals surface area contributed by atoms with Crippen molar-refractivity contribution in [1.82, 2.24) is 5.32 Å². The van der Waals surface area contributed by atoms with Crippen LogP contribution in [0.1, 0.15) is 45.1 Å². The molecule has 2 N–H and O–H groups in total. The lowest BCUT2D eigenvalue weighted by atomic mass is 9.54. The van der Waals surface area contributed by atoms with Crippen LogP contribution in [0.3, 0.4) is 0 Å². The first kappa shape index (κ1) is 27.3. The highest BCUT2D eigenvalue weighted by atomic mass is 35.5. The van der Waals surface area contributed by atoms with Crippen molar-refractivity contribution < 1.29 is 4.79 Å². The summed E-state index contributed by atoms with van der Waals surface area (Å²) in [7, 11) is 0. The molecule has 0 saturated heterocycles. The molecule has 4 rings (SSSR count). The smallest absolute Gasteiger partial charge is 0.308 e. The van der Waals surface area contributed by atoms with Crippen molar-refractivity contribution in [3.05, 3.63) is 87.1 Å². The van der Waals surface area contributed by atoms with Gasteiger partial charge in [-0.3, -0.25) is 0 Å². The van der Waals surface area contributed by atoms with E-state index >= 15 is 0 Å². The van der Waals surface area contributed by atoms with E-state index in [9.17, 15) is 20.6 Å². The van der Waals surface area contributed by atoms with Crippen molar-refractivity contribution in [3.8, 4) is 18.2 Å². The minimum absolute atomic E-state index is 0.00637. The average molecular weight is 544 g/mol. The maximum Gasteiger partial charge on any atom is 0.323 e. The lowest BCUT2D eigenvalue weighted by molar-refractivity contribution is 0.169. The number of carbonyl (C=O) groups excluding carboxylic acids is 1. The van der Waals surface area contributed by atoms with Crippen LogP contribution in [0.25, 0.3) is 0 Å². The summed E-state index contributed by atoms with van der Waals surface area (Å²) in [5.74, 6) is -0.620. The van der Waals surface area contributed by atoms with Crippen molar-refractivity contribution in [3.63, 3.8) is 0 Å². The largest absolute Gasteiger partial charge is 0.323 e. The van der Waals surface area contributed by atoms with Crippen molar-refractivity contribution in [1.29, 1.82) is 15.8 Å². The van der Waals surface area contributed by atoms with Crippen LogP contribution in [-0.4, -0.2) is 6.03 Å². The van der Waals surface area contributed by atoms with Crippen LogP contribution in [0, 0.1) is 56.7 Å². The molecule has 2 aliphatic rings. The highest BCUT2D eigenvalue weighted by Gasteiger charge is 2.56. The molecule has 0 heterocycles. The number of nitriles is 3. The van der Waals surface area contributed by atoms with Gasteiger partial charge in [-0.15, -0.1) is 0 Å². The van der Waals surface area contributed by atoms with Crippen molar-refractivity contribution in [2.75, 3.05) is 5.32 Å². The molecule has 6 nitrogen and oxygen atoms in total. The minimum Gasteiger partial charge on any atom is -0.308 e. The molecule has 2 aromatic carbocycles. The predicted octanol–water partition coefficient (Wildman–Crippen LogP) is 7.72. The zero-order valence-corrected chi connectivity index (χ0v) is 22.9. The number of rotatable bonds is 3. The second-order valence-corrected chi connectivity index (χ2v) is 11.7. The number of nitrogens with zero attached hydrogens (tertiary/aromatic N) is 3. The first-order valence-electron chi connectivity index (χ1n) is 12.3. The fourth-order valence-electron chi connectivity index (χ4n) is 5.58. The van der Waals surface area contributed by atoms with Gasteiger partial charge in [0.25, 0.3) is 0 Å². The average Bonchev–Trinajstić information content (AvgIpc) is 2.89. The Morgan fingerprint density at radius 3 is 2.05 bits per heavy atom. The van der Waals surface area contributed by atoms with Crippen LogP contribution in [0.15, 0.2) is 71.5 Å². The topological polar surface area (TPSA) is 112 Å². The van der Waals surface area contributed by atoms with Gasteiger partial charge in [0.1, 0.15) is 6.07 Å². The number of carbonyl (C=O) groups is 1. The van der Waals surface area contributed by atoms with Gasteiger partial charge in [-0.25, -0.2) is 4.79 Å². The van der Waals surface area contributed by atoms with E-state index in [-0.39, 0.29) is 28.5 Å². The van der Waals surface area contributed by atoms with E-state index in [0.29, 0.717) is 22.2 Å². The summed E-state index contributed by atoms with van der Waals surface area (Å²) in [6.45, 7) is 6.52. The predicted molar refractivity (Wildman–Crippen MR) is 148 cm³/mol. The summed E-state index contributed by atoms with van der Waals surface area (Å²) in [4.78, 5) is 13.1. The Morgan fingerprint density at radius 1 is 0.947 bits per heavy atom. The number of amides is 2. The van der Waals surface area contributed by atoms with Gasteiger partial charge >= 0.3 is 6.03 Å². The number of nitrogens with one attached hydrogen (secondary N) is 2. The summed E-state index contributed by atoms with van der Waals surface area (Å²) in [6.07, 6.45) is 3.50. The van der Waals surface area contributed by atoms with Gasteiger partial charge in [0.05, 0.1) is 23.4 Å². The Morgan fingerprint density at radius 2 is 1.53 bits per heavy atom. The third-order valence-electron chi connectivity index (χ3n) is 7.62. The highest BCUT2D eigenvalue weighted by Crippen LogP contribution is 2.58. The standard InChI is InChI=1S/C30H27Cl2N5O/c1-29(2,3)19-6-13-23-24(14-19)26(18-4-7-20(31)8-5-18)30(16-34,17-35)27(25(23)15-33)37-28(38)36-22-11-9-21(32)10-12-22/h4-5,7-13,19,24,26H,6,14H2,1-3H3,(H2,36,37,38)/t19-,24-,26+/m1/s1. The third kappa shape index (κ3) is 5.01. The summed E-state index contributed by atoms with van der Waals surface area (Å²) < 4.78 is 0. The molecular formula is C30H27Cl2N5O. The fraction of sp³-hybridized carbons (Fsp3) is 0.333. The van der Waals surface area contributed by atoms with Crippen LogP contribution < -0.4 is 10.6 Å². The number of hydrogen-bond donors (Lipinski definition) is 2. The van der Waals surface area contributed by atoms with Crippen LogP contribution in [-0.2, 0) is 0 Å². The van der Waals surface area contributed by atoms with E-state index in [1.54, 1.807) is 36.4 Å². The zero-order chi connectivity index (χ0) is 27.7. The molecule has 2 amide bonds. The summed E-state index contributed by atoms with van der Waals surface area (Å²) in [5.41, 5.74) is 0.307. The molecule has 2 aliphatic carbocycles. The Bertz CT molecular complexity index is 1420. The number of hydrogen-bond acceptors (Lipinski definition) is 4. The number of benzene rings is 2. The molecule has 0 aliphatic heterocycles. The quantitative estimate of drug-likeness (QED) is 0.412. The zero-order valence-electron chi connectivity index (χ0n) is 21.3. The molecule has 3 atom stereocenters. The van der Waals surface area contributed by atoms with Gasteiger partial charge in [-0.05, 0) is 77.6 Å². The fourth-order valence-corrected chi connectivity index (χ4v) is 5.83. The molecule has 0 bridgehead atoms. The van der Waals surface area contributed by atoms with Crippen LogP contribution >= 0.6 is 23.2 Å². The lowest BCUT2D eigenvalue weighted by Crippen LogP contribution is -2.47. The van der Waals surface area contributed by atoms with E-state index < -0.39 is 17.4 Å². The van der Waals surface area contributed by atoms with E-state index in [1.165, 1.54) is 0 Å². The first-order valence-corrected chi connectivity index (χ1v) is 13.1. The SMILES string of the molecule is CC(C)(C)[C@@H]1CC=C2C(C#N)=C(NC(=O)Nc3ccc(Cl)cc3)C(C#N)(C#N)[C@@H](c3ccc(Cl)cc3)[C@@H]2C1. The Kier molecular flexibility index (Phi) is 7.57. The normalized spacial score (nSPS) is 22.2. The molecular weight excluding hydrogens is 517 g/mol. The molecule has 0 saturated carbocycles. The second-order valence-electron chi connectivity index (χ2n) is 10.8. The van der Waals surface area contributed by atoms with E-state index in [0.717, 1.165) is 17.6 Å². The number of allylic oxidation sites excluding steroid dienone is 4. The monoisotopic (exact) mass is 543 g/mol. The molecule has 0 fully saturated rings. The summed E-state index contributed by atoms with van der Waals surface area (Å²) in [5, 5.41) is 38.0. The molecule has 38 heavy (non-hydrogen) atoms. The molecule has 0 spiro atoms. The minimum atomic E-state index is -1.82. The number of halogens is 2. The van der Waals surface area contributed by atoms with Crippen molar-refractivity contribution >= 4 is 34.9 Å². The molecule has 192 valence electrons. The Balaban J connectivity index is 1.88. The Labute approximate surface area is 233 Å². The summed E-state index contributed by atoms with van der Waals surface area (Å²) in [6, 6.07) is 19.6. The van der Waals surface area contributed by atoms with E-state index in [1.807, 2.05) is 18.2 Å². The van der Waals surface area contributed by atoms with Gasteiger partial charge in [0, 0.05) is 21.7 Å². The maximum atomic E-state index is 13.1. The van der Waals surface area contributed by atoms with Crippen molar-refractivity contribution in [2.45, 2.75) is 39.5 Å². The molecule has 0 aromatic heterocycles. The maximum absolute atomic E-state index is 13.1. The number of fused-ring (bicyclic) bond motifs is 1. The van der Waals surface area contributed by atoms with Gasteiger partial charge in [0.2, 0.25) is 0 Å². The van der Waals surface area contributed by atoms with Crippen LogP contribution in [0.2, 0.25) is 10.0 Å². The highest BCUT2D eigenvalue weighted by molar-refractivity contribution is 6.30. The molecule has 8 heteroatoms. The van der Waals surface area contributed by atoms with Crippen LogP contribution in [0.4, 0.5) is 10.5 Å². The first-order chi connectivity index (χ1) is 18.0. The summed E-state index contributed by atoms with van der Waals surface area (Å²) >= 11 is 12.1.